The molecular formula is C18H20N2O2S. The topological polar surface area (TPSA) is 62.1 Å². The van der Waals surface area contributed by atoms with Gasteiger partial charge < -0.3 is 10.1 Å². The van der Waals surface area contributed by atoms with Crippen molar-refractivity contribution in [1.82, 2.24) is 0 Å². The summed E-state index contributed by atoms with van der Waals surface area (Å²) in [4.78, 5) is 12.2. The number of hydrogen-bond acceptors (Lipinski definition) is 4. The third-order valence-corrected chi connectivity index (χ3v) is 4.40. The molecule has 0 aliphatic heterocycles. The van der Waals surface area contributed by atoms with Crippen LogP contribution in [0.2, 0.25) is 0 Å². The van der Waals surface area contributed by atoms with Crippen molar-refractivity contribution < 1.29 is 9.53 Å². The number of rotatable bonds is 5. The molecule has 0 saturated carbocycles. The summed E-state index contributed by atoms with van der Waals surface area (Å²) in [7, 11) is 0. The summed E-state index contributed by atoms with van der Waals surface area (Å²) in [5.41, 5.74) is 2.88. The van der Waals surface area contributed by atoms with E-state index in [1.165, 1.54) is 16.9 Å². The van der Waals surface area contributed by atoms with E-state index < -0.39 is 6.10 Å². The molecule has 1 heterocycles. The average molecular weight is 328 g/mol. The first-order valence-corrected chi connectivity index (χ1v) is 8.36. The normalized spacial score (nSPS) is 11.8. The predicted molar refractivity (Wildman–Crippen MR) is 93.0 cm³/mol. The number of benzene rings is 1. The molecule has 0 fully saturated rings. The lowest BCUT2D eigenvalue weighted by atomic mass is 9.98. The first kappa shape index (κ1) is 17.0. The minimum absolute atomic E-state index is 0.269. The number of nitriles is 1. The molecule has 4 nitrogen and oxygen atoms in total. The van der Waals surface area contributed by atoms with Gasteiger partial charge in [0.15, 0.2) is 6.10 Å². The first-order valence-electron chi connectivity index (χ1n) is 7.48. The van der Waals surface area contributed by atoms with Gasteiger partial charge in [-0.2, -0.15) is 5.26 Å². The van der Waals surface area contributed by atoms with Crippen LogP contribution in [0.25, 0.3) is 0 Å². The second-order valence-corrected chi connectivity index (χ2v) is 6.61. The van der Waals surface area contributed by atoms with Crippen LogP contribution in [0.15, 0.2) is 29.6 Å². The smallest absolute Gasteiger partial charge is 0.265 e. The summed E-state index contributed by atoms with van der Waals surface area (Å²) in [6.45, 7) is 8.03. The van der Waals surface area contributed by atoms with Crippen molar-refractivity contribution in [2.75, 3.05) is 5.32 Å². The average Bonchev–Trinajstić information content (AvgIpc) is 2.94. The molecule has 0 radical (unpaired) electrons. The number of aryl methyl sites for hydroxylation is 1. The van der Waals surface area contributed by atoms with Gasteiger partial charge in [0.05, 0.1) is 5.56 Å². The molecule has 1 N–H and O–H groups in total. The summed E-state index contributed by atoms with van der Waals surface area (Å²) in [6.07, 6.45) is -0.645. The van der Waals surface area contributed by atoms with E-state index in [1.54, 1.807) is 18.4 Å². The fourth-order valence-corrected chi connectivity index (χ4v) is 3.07. The Kier molecular flexibility index (Phi) is 5.41. The van der Waals surface area contributed by atoms with Gasteiger partial charge in [0, 0.05) is 0 Å². The van der Waals surface area contributed by atoms with Gasteiger partial charge in [-0.1, -0.05) is 19.9 Å². The SMILES string of the molecule is Cc1cc(O[C@H](C)C(=O)Nc2sccc2C#N)ccc1C(C)C. The van der Waals surface area contributed by atoms with Crippen LogP contribution in [0.3, 0.4) is 0 Å². The van der Waals surface area contributed by atoms with Gasteiger partial charge in [-0.25, -0.2) is 0 Å². The number of thiophene rings is 1. The molecule has 1 aromatic carbocycles. The number of carbonyl (C=O) groups excluding carboxylic acids is 1. The molecule has 0 bridgehead atoms. The number of amides is 1. The van der Waals surface area contributed by atoms with Crippen LogP contribution in [0, 0.1) is 18.3 Å². The molecule has 0 spiro atoms. The van der Waals surface area contributed by atoms with Crippen molar-refractivity contribution in [3.8, 4) is 11.8 Å². The highest BCUT2D eigenvalue weighted by molar-refractivity contribution is 7.14. The van der Waals surface area contributed by atoms with E-state index in [2.05, 4.69) is 19.2 Å². The van der Waals surface area contributed by atoms with Gasteiger partial charge in [0.2, 0.25) is 0 Å². The van der Waals surface area contributed by atoms with Crippen molar-refractivity contribution >= 4 is 22.2 Å². The monoisotopic (exact) mass is 328 g/mol. The summed E-state index contributed by atoms with van der Waals surface area (Å²) in [5, 5.41) is 14.0. The lowest BCUT2D eigenvalue weighted by Crippen LogP contribution is -2.30. The molecular weight excluding hydrogens is 308 g/mol. The van der Waals surface area contributed by atoms with Crippen LogP contribution in [0.5, 0.6) is 5.75 Å². The Morgan fingerprint density at radius 1 is 1.30 bits per heavy atom. The molecule has 2 aromatic rings. The van der Waals surface area contributed by atoms with E-state index in [0.717, 1.165) is 5.56 Å². The predicted octanol–water partition coefficient (Wildman–Crippen LogP) is 4.46. The maximum absolute atomic E-state index is 12.2. The zero-order valence-corrected chi connectivity index (χ0v) is 14.5. The van der Waals surface area contributed by atoms with Crippen LogP contribution in [-0.4, -0.2) is 12.0 Å². The highest BCUT2D eigenvalue weighted by Crippen LogP contribution is 2.25. The maximum Gasteiger partial charge on any atom is 0.265 e. The van der Waals surface area contributed by atoms with Gasteiger partial charge >= 0.3 is 0 Å². The Hall–Kier alpha value is -2.32. The molecule has 2 rings (SSSR count). The van der Waals surface area contributed by atoms with Gasteiger partial charge in [-0.15, -0.1) is 11.3 Å². The van der Waals surface area contributed by atoms with Crippen molar-refractivity contribution in [3.63, 3.8) is 0 Å². The van der Waals surface area contributed by atoms with E-state index in [0.29, 0.717) is 22.2 Å². The number of ether oxygens (including phenoxy) is 1. The number of nitrogens with one attached hydrogen (secondary N) is 1. The van der Waals surface area contributed by atoms with Crippen LogP contribution in [0.4, 0.5) is 5.00 Å². The summed E-state index contributed by atoms with van der Waals surface area (Å²) in [5.74, 6) is 0.851. The molecule has 5 heteroatoms. The van der Waals surface area contributed by atoms with E-state index in [-0.39, 0.29) is 5.91 Å². The lowest BCUT2D eigenvalue weighted by molar-refractivity contribution is -0.122. The van der Waals surface area contributed by atoms with E-state index in [4.69, 9.17) is 10.00 Å². The van der Waals surface area contributed by atoms with Crippen LogP contribution < -0.4 is 10.1 Å². The standard InChI is InChI=1S/C18H20N2O2S/c1-11(2)16-6-5-15(9-12(16)3)22-13(4)17(21)20-18-14(10-19)7-8-23-18/h5-9,11,13H,1-4H3,(H,20,21)/t13-/m1/s1. The van der Waals surface area contributed by atoms with Crippen LogP contribution in [0.1, 0.15) is 43.4 Å². The van der Waals surface area contributed by atoms with Crippen molar-refractivity contribution in [1.29, 1.82) is 5.26 Å². The number of carbonyl (C=O) groups is 1. The maximum atomic E-state index is 12.2. The second-order valence-electron chi connectivity index (χ2n) is 5.70. The third kappa shape index (κ3) is 4.11. The molecule has 0 aliphatic rings. The number of anilines is 1. The Labute approximate surface area is 140 Å². The summed E-state index contributed by atoms with van der Waals surface area (Å²) in [6, 6.07) is 9.60. The molecule has 1 amide bonds. The molecule has 1 aromatic heterocycles. The second kappa shape index (κ2) is 7.30. The summed E-state index contributed by atoms with van der Waals surface area (Å²) >= 11 is 1.32. The van der Waals surface area contributed by atoms with Gasteiger partial charge in [-0.3, -0.25) is 4.79 Å². The first-order chi connectivity index (χ1) is 10.9. The Bertz CT molecular complexity index is 744. The van der Waals surface area contributed by atoms with E-state index in [1.807, 2.05) is 31.2 Å². The van der Waals surface area contributed by atoms with Gasteiger partial charge in [0.1, 0.15) is 16.8 Å². The Morgan fingerprint density at radius 3 is 2.65 bits per heavy atom. The molecule has 23 heavy (non-hydrogen) atoms. The quantitative estimate of drug-likeness (QED) is 0.881. The largest absolute Gasteiger partial charge is 0.481 e. The van der Waals surface area contributed by atoms with Crippen LogP contribution >= 0.6 is 11.3 Å². The van der Waals surface area contributed by atoms with Gasteiger partial charge in [0.25, 0.3) is 5.91 Å². The highest BCUT2D eigenvalue weighted by atomic mass is 32.1. The highest BCUT2D eigenvalue weighted by Gasteiger charge is 2.17. The van der Waals surface area contributed by atoms with Crippen molar-refractivity contribution in [3.05, 3.63) is 46.3 Å². The molecule has 0 aliphatic carbocycles. The van der Waals surface area contributed by atoms with Crippen molar-refractivity contribution in [2.45, 2.75) is 39.7 Å². The molecule has 0 unspecified atom stereocenters. The van der Waals surface area contributed by atoms with Crippen LogP contribution in [-0.2, 0) is 4.79 Å². The van der Waals surface area contributed by atoms with Gasteiger partial charge in [-0.05, 0) is 54.5 Å². The summed E-state index contributed by atoms with van der Waals surface area (Å²) < 4.78 is 5.72. The fourth-order valence-electron chi connectivity index (χ4n) is 2.33. The minimum atomic E-state index is -0.645. The number of nitrogens with zero attached hydrogens (tertiary/aromatic N) is 1. The van der Waals surface area contributed by atoms with Crippen molar-refractivity contribution in [2.24, 2.45) is 0 Å². The van der Waals surface area contributed by atoms with E-state index >= 15 is 0 Å². The lowest BCUT2D eigenvalue weighted by Gasteiger charge is -2.16. The fraction of sp³-hybridized carbons (Fsp3) is 0.333. The molecule has 1 atom stereocenters. The third-order valence-electron chi connectivity index (χ3n) is 3.57. The Morgan fingerprint density at radius 2 is 2.04 bits per heavy atom. The molecule has 120 valence electrons. The zero-order chi connectivity index (χ0) is 17.0. The molecule has 0 saturated heterocycles. The van der Waals surface area contributed by atoms with E-state index in [9.17, 15) is 4.79 Å². The minimum Gasteiger partial charge on any atom is -0.481 e. The Balaban J connectivity index is 2.04. The number of hydrogen-bond donors (Lipinski definition) is 1. The zero-order valence-electron chi connectivity index (χ0n) is 13.7.